The SMILES string of the molecule is COCCOCCOC(=O)n1nc(NC(=O)c2ccc(N(C)CCN(C)C)cc2N[C@@H](C)COC)c2c1CCN(S(=O)(=O)c1cc(F)cc(F)c1)C2. The molecule has 0 radical (unpaired) electrons. The molecule has 2 aromatic carbocycles. The average Bonchev–Trinajstić information content (AvgIpc) is 3.45. The van der Waals surface area contributed by atoms with Crippen LogP contribution in [0.15, 0.2) is 41.3 Å². The van der Waals surface area contributed by atoms with E-state index in [1.54, 1.807) is 13.2 Å². The minimum atomic E-state index is -4.40. The zero-order valence-electron chi connectivity index (χ0n) is 30.3. The van der Waals surface area contributed by atoms with Crippen LogP contribution in [0.1, 0.15) is 28.5 Å². The Morgan fingerprint density at radius 1 is 0.981 bits per heavy atom. The summed E-state index contributed by atoms with van der Waals surface area (Å²) in [6, 6.07) is 7.18. The summed E-state index contributed by atoms with van der Waals surface area (Å²) >= 11 is 0. The van der Waals surface area contributed by atoms with Crippen LogP contribution in [0.2, 0.25) is 0 Å². The summed E-state index contributed by atoms with van der Waals surface area (Å²) in [5, 5.41) is 10.5. The molecule has 0 aliphatic carbocycles. The van der Waals surface area contributed by atoms with Gasteiger partial charge in [0, 0.05) is 82.9 Å². The number of carbonyl (C=O) groups excluding carboxylic acids is 2. The van der Waals surface area contributed by atoms with Crippen LogP contribution in [0.4, 0.5) is 30.8 Å². The molecule has 0 saturated carbocycles. The first-order chi connectivity index (χ1) is 24.7. The molecule has 3 aromatic rings. The number of carbonyl (C=O) groups is 2. The van der Waals surface area contributed by atoms with E-state index in [1.165, 1.54) is 7.11 Å². The van der Waals surface area contributed by atoms with Crippen molar-refractivity contribution in [2.24, 2.45) is 0 Å². The highest BCUT2D eigenvalue weighted by atomic mass is 32.2. The van der Waals surface area contributed by atoms with Crippen molar-refractivity contribution in [3.63, 3.8) is 0 Å². The zero-order chi connectivity index (χ0) is 38.0. The van der Waals surface area contributed by atoms with Crippen LogP contribution in [-0.4, -0.2) is 133 Å². The van der Waals surface area contributed by atoms with E-state index < -0.39 is 38.6 Å². The van der Waals surface area contributed by atoms with Gasteiger partial charge in [0.15, 0.2) is 5.82 Å². The molecule has 0 unspecified atom stereocenters. The van der Waals surface area contributed by atoms with Crippen LogP contribution < -0.4 is 15.5 Å². The Morgan fingerprint density at radius 3 is 2.37 bits per heavy atom. The Kier molecular flexibility index (Phi) is 14.5. The second-order valence-electron chi connectivity index (χ2n) is 12.5. The van der Waals surface area contributed by atoms with E-state index in [0.29, 0.717) is 37.3 Å². The van der Waals surface area contributed by atoms with E-state index in [1.807, 2.05) is 40.2 Å². The smallest absolute Gasteiger partial charge is 0.435 e. The molecule has 0 bridgehead atoms. The summed E-state index contributed by atoms with van der Waals surface area (Å²) in [4.78, 5) is 30.8. The van der Waals surface area contributed by atoms with Gasteiger partial charge in [-0.2, -0.15) is 8.99 Å². The first-order valence-corrected chi connectivity index (χ1v) is 18.1. The van der Waals surface area contributed by atoms with Crippen LogP contribution in [0, 0.1) is 11.6 Å². The number of fused-ring (bicyclic) bond motifs is 1. The molecule has 0 spiro atoms. The number of hydrogen-bond acceptors (Lipinski definition) is 12. The predicted molar refractivity (Wildman–Crippen MR) is 191 cm³/mol. The number of amides is 1. The Balaban J connectivity index is 1.68. The number of nitrogens with zero attached hydrogens (tertiary/aromatic N) is 5. The number of sulfonamides is 1. The molecule has 4 rings (SSSR count). The Hall–Kier alpha value is -4.20. The van der Waals surface area contributed by atoms with Crippen LogP contribution in [0.5, 0.6) is 0 Å². The van der Waals surface area contributed by atoms with Crippen molar-refractivity contribution in [1.82, 2.24) is 19.0 Å². The van der Waals surface area contributed by atoms with E-state index in [4.69, 9.17) is 18.9 Å². The highest BCUT2D eigenvalue weighted by Crippen LogP contribution is 2.32. The summed E-state index contributed by atoms with van der Waals surface area (Å²) in [5.41, 5.74) is 2.14. The Bertz CT molecular complexity index is 1790. The molecule has 0 saturated heterocycles. The van der Waals surface area contributed by atoms with Crippen molar-refractivity contribution in [3.8, 4) is 0 Å². The summed E-state index contributed by atoms with van der Waals surface area (Å²) in [6.45, 7) is 3.95. The number of rotatable bonds is 18. The third kappa shape index (κ3) is 10.4. The maximum atomic E-state index is 14.0. The molecule has 1 aliphatic rings. The molecule has 52 heavy (non-hydrogen) atoms. The molecule has 1 aromatic heterocycles. The topological polar surface area (TPSA) is 157 Å². The monoisotopic (exact) mass is 751 g/mol. The van der Waals surface area contributed by atoms with Gasteiger partial charge in [0.2, 0.25) is 10.0 Å². The van der Waals surface area contributed by atoms with Crippen LogP contribution in [0.25, 0.3) is 0 Å². The number of halogens is 2. The van der Waals surface area contributed by atoms with Crippen LogP contribution in [0.3, 0.4) is 0 Å². The zero-order valence-corrected chi connectivity index (χ0v) is 31.1. The van der Waals surface area contributed by atoms with E-state index in [-0.39, 0.29) is 55.7 Å². The second kappa shape index (κ2) is 18.5. The number of aromatic nitrogens is 2. The summed E-state index contributed by atoms with van der Waals surface area (Å²) in [5.74, 6) is -2.77. The fourth-order valence-corrected chi connectivity index (χ4v) is 6.92. The number of benzene rings is 2. The lowest BCUT2D eigenvalue weighted by Crippen LogP contribution is -2.37. The number of ether oxygens (including phenoxy) is 4. The van der Waals surface area contributed by atoms with Gasteiger partial charge in [-0.3, -0.25) is 4.79 Å². The third-order valence-corrected chi connectivity index (χ3v) is 10.00. The Labute approximate surface area is 302 Å². The number of hydrogen-bond donors (Lipinski definition) is 2. The molecule has 2 N–H and O–H groups in total. The van der Waals surface area contributed by atoms with Gasteiger partial charge in [-0.1, -0.05) is 0 Å². The fourth-order valence-electron chi connectivity index (χ4n) is 5.47. The normalized spacial score (nSPS) is 13.9. The maximum Gasteiger partial charge on any atom is 0.435 e. The third-order valence-electron chi connectivity index (χ3n) is 8.18. The van der Waals surface area contributed by atoms with Gasteiger partial charge >= 0.3 is 6.09 Å². The van der Waals surface area contributed by atoms with E-state index in [2.05, 4.69) is 25.5 Å². The lowest BCUT2D eigenvalue weighted by atomic mass is 10.1. The maximum absolute atomic E-state index is 14.0. The van der Waals surface area contributed by atoms with Crippen molar-refractivity contribution < 1.29 is 45.7 Å². The number of likely N-dealkylation sites (N-methyl/N-ethyl adjacent to an activating group) is 2. The van der Waals surface area contributed by atoms with E-state index in [0.717, 1.165) is 39.9 Å². The van der Waals surface area contributed by atoms with Gasteiger partial charge in [0.05, 0.1) is 42.6 Å². The minimum absolute atomic E-state index is 0.0238. The Morgan fingerprint density at radius 2 is 1.69 bits per heavy atom. The molecule has 2 heterocycles. The molecule has 1 atom stereocenters. The molecular weight excluding hydrogens is 704 g/mol. The fraction of sp³-hybridized carbons (Fsp3) is 0.500. The molecule has 286 valence electrons. The number of methoxy groups -OCH3 is 2. The van der Waals surface area contributed by atoms with Crippen molar-refractivity contribution in [2.75, 3.05) is 104 Å². The van der Waals surface area contributed by atoms with Crippen molar-refractivity contribution in [1.29, 1.82) is 0 Å². The highest BCUT2D eigenvalue weighted by molar-refractivity contribution is 7.89. The lowest BCUT2D eigenvalue weighted by molar-refractivity contribution is 0.0417. The van der Waals surface area contributed by atoms with E-state index >= 15 is 0 Å². The first-order valence-electron chi connectivity index (χ1n) is 16.6. The first kappa shape index (κ1) is 40.6. The number of anilines is 3. The van der Waals surface area contributed by atoms with Gasteiger partial charge in [0.25, 0.3) is 5.91 Å². The second-order valence-corrected chi connectivity index (χ2v) is 14.4. The van der Waals surface area contributed by atoms with Gasteiger partial charge in [-0.05, 0) is 51.4 Å². The van der Waals surface area contributed by atoms with E-state index in [9.17, 15) is 26.8 Å². The van der Waals surface area contributed by atoms with Gasteiger partial charge in [0.1, 0.15) is 18.2 Å². The van der Waals surface area contributed by atoms with Gasteiger partial charge < -0.3 is 39.4 Å². The largest absolute Gasteiger partial charge is 0.445 e. The standard InChI is InChI=1S/C34H47F2N7O8S/c1-23(22-49-6)37-30-20-26(41(4)12-11-40(2)3)7-8-28(30)33(44)38-32-29-21-42(52(46,47)27-18-24(35)17-25(36)19-27)10-9-31(29)43(39-32)34(45)51-16-15-50-14-13-48-5/h7-8,17-20,23,37H,9-16,21-22H2,1-6H3,(H,38,39,44)/t23-/m0/s1. The molecule has 18 heteroatoms. The average molecular weight is 752 g/mol. The predicted octanol–water partition coefficient (Wildman–Crippen LogP) is 3.25. The van der Waals surface area contributed by atoms with Crippen molar-refractivity contribution in [2.45, 2.75) is 30.8 Å². The highest BCUT2D eigenvalue weighted by Gasteiger charge is 2.35. The summed E-state index contributed by atoms with van der Waals surface area (Å²) in [6.07, 6.45) is -0.888. The molecule has 15 nitrogen and oxygen atoms in total. The molecule has 0 fully saturated rings. The van der Waals surface area contributed by atoms with Gasteiger partial charge in [-0.15, -0.1) is 5.10 Å². The summed E-state index contributed by atoms with van der Waals surface area (Å²) < 4.78 is 78.1. The minimum Gasteiger partial charge on any atom is -0.445 e. The van der Waals surface area contributed by atoms with Crippen LogP contribution >= 0.6 is 0 Å². The molecular formula is C34H47F2N7O8S. The summed E-state index contributed by atoms with van der Waals surface area (Å²) in [7, 11) is 4.61. The number of nitrogens with one attached hydrogen (secondary N) is 2. The lowest BCUT2D eigenvalue weighted by Gasteiger charge is -2.27. The quantitative estimate of drug-likeness (QED) is 0.183. The van der Waals surface area contributed by atoms with Crippen molar-refractivity contribution in [3.05, 3.63) is 64.9 Å². The van der Waals surface area contributed by atoms with Gasteiger partial charge in [-0.25, -0.2) is 22.0 Å². The molecule has 1 aliphatic heterocycles. The van der Waals surface area contributed by atoms with Crippen molar-refractivity contribution >= 4 is 39.2 Å². The molecule has 1 amide bonds. The van der Waals surface area contributed by atoms with Crippen LogP contribution in [-0.2, 0) is 41.9 Å².